The fourth-order valence-electron chi connectivity index (χ4n) is 5.02. The molecule has 1 aliphatic heterocycles. The number of methoxy groups -OCH3 is 1. The molecule has 0 aliphatic carbocycles. The number of rotatable bonds is 5. The van der Waals surface area contributed by atoms with E-state index in [1.54, 1.807) is 7.11 Å². The van der Waals surface area contributed by atoms with Crippen molar-refractivity contribution in [3.63, 3.8) is 0 Å². The summed E-state index contributed by atoms with van der Waals surface area (Å²) in [5, 5.41) is 5.15. The van der Waals surface area contributed by atoms with Crippen LogP contribution in [0.5, 0.6) is 5.75 Å². The van der Waals surface area contributed by atoms with Crippen LogP contribution in [0, 0.1) is 0 Å². The van der Waals surface area contributed by atoms with Gasteiger partial charge in [0.05, 0.1) is 29.7 Å². The summed E-state index contributed by atoms with van der Waals surface area (Å²) in [7, 11) is 5.82. The van der Waals surface area contributed by atoms with E-state index in [0.29, 0.717) is 5.92 Å². The van der Waals surface area contributed by atoms with Crippen LogP contribution in [-0.4, -0.2) is 42.2 Å². The second-order valence-electron chi connectivity index (χ2n) is 10.2. The fourth-order valence-corrected chi connectivity index (χ4v) is 5.02. The summed E-state index contributed by atoms with van der Waals surface area (Å²) >= 11 is 0. The minimum absolute atomic E-state index is 0.186. The van der Waals surface area contributed by atoms with E-state index in [9.17, 15) is 0 Å². The van der Waals surface area contributed by atoms with Gasteiger partial charge in [-0.25, -0.2) is 4.68 Å². The molecule has 0 atom stereocenters. The van der Waals surface area contributed by atoms with Crippen LogP contribution in [0.15, 0.2) is 54.6 Å². The molecule has 1 aromatic heterocycles. The zero-order valence-corrected chi connectivity index (χ0v) is 20.3. The molecule has 2 aromatic carbocycles. The predicted octanol–water partition coefficient (Wildman–Crippen LogP) is 6.07. The lowest BCUT2D eigenvalue weighted by Crippen LogP contribution is -2.44. The Bertz CT molecular complexity index is 1060. The molecule has 170 valence electrons. The van der Waals surface area contributed by atoms with E-state index in [1.165, 1.54) is 5.69 Å². The molecule has 0 spiro atoms. The number of nitrogens with zero attached hydrogens (tertiary/aromatic N) is 3. The molecule has 32 heavy (non-hydrogen) atoms. The first-order valence-corrected chi connectivity index (χ1v) is 11.3. The Morgan fingerprint density at radius 3 is 2.19 bits per heavy atom. The summed E-state index contributed by atoms with van der Waals surface area (Å²) in [6.07, 6.45) is 1.89. The minimum atomic E-state index is -0.186. The van der Waals surface area contributed by atoms with Gasteiger partial charge < -0.3 is 14.4 Å². The highest BCUT2D eigenvalue weighted by Crippen LogP contribution is 2.44. The van der Waals surface area contributed by atoms with Gasteiger partial charge in [-0.3, -0.25) is 0 Å². The molecule has 1 fully saturated rings. The van der Waals surface area contributed by atoms with Crippen molar-refractivity contribution in [1.29, 1.82) is 0 Å². The van der Waals surface area contributed by atoms with Crippen molar-refractivity contribution < 1.29 is 9.47 Å². The Kier molecular flexibility index (Phi) is 5.80. The third-order valence-corrected chi connectivity index (χ3v) is 6.17. The summed E-state index contributed by atoms with van der Waals surface area (Å²) in [6.45, 7) is 8.72. The van der Waals surface area contributed by atoms with Gasteiger partial charge in [0.2, 0.25) is 0 Å². The monoisotopic (exact) mass is 433 g/mol. The standard InChI is InChI=1S/C27H35N3O2/c1-26(2)17-20(18-27(3,4)32-26)22-16-24(19-12-14-21(15-13-19)29(5)6)30(28-22)23-10-8-9-11-25(23)31-7/h8-16,20H,17-18H2,1-7H3. The lowest BCUT2D eigenvalue weighted by molar-refractivity contribution is -0.162. The van der Waals surface area contributed by atoms with Crippen LogP contribution in [0.3, 0.4) is 0 Å². The van der Waals surface area contributed by atoms with E-state index in [1.807, 2.05) is 22.9 Å². The third kappa shape index (κ3) is 4.53. The lowest BCUT2D eigenvalue weighted by atomic mass is 9.79. The van der Waals surface area contributed by atoms with Crippen molar-refractivity contribution in [2.24, 2.45) is 0 Å². The molecular formula is C27H35N3O2. The highest BCUT2D eigenvalue weighted by atomic mass is 16.5. The Morgan fingerprint density at radius 2 is 1.59 bits per heavy atom. The Morgan fingerprint density at radius 1 is 0.969 bits per heavy atom. The number of benzene rings is 2. The number of para-hydroxylation sites is 2. The molecule has 0 saturated carbocycles. The first-order chi connectivity index (χ1) is 15.1. The smallest absolute Gasteiger partial charge is 0.144 e. The van der Waals surface area contributed by atoms with Gasteiger partial charge in [-0.15, -0.1) is 0 Å². The van der Waals surface area contributed by atoms with E-state index in [0.717, 1.165) is 41.2 Å². The Hall–Kier alpha value is -2.79. The second-order valence-corrected chi connectivity index (χ2v) is 10.2. The maximum Gasteiger partial charge on any atom is 0.144 e. The normalized spacial score (nSPS) is 17.8. The maximum atomic E-state index is 6.33. The lowest BCUT2D eigenvalue weighted by Gasteiger charge is -2.45. The largest absolute Gasteiger partial charge is 0.494 e. The van der Waals surface area contributed by atoms with Gasteiger partial charge in [0.15, 0.2) is 0 Å². The summed E-state index contributed by atoms with van der Waals surface area (Å²) in [6, 6.07) is 18.9. The number of anilines is 1. The molecule has 5 heteroatoms. The fraction of sp³-hybridized carbons (Fsp3) is 0.444. The molecule has 0 radical (unpaired) electrons. The zero-order chi connectivity index (χ0) is 23.1. The van der Waals surface area contributed by atoms with E-state index in [4.69, 9.17) is 14.6 Å². The molecule has 0 bridgehead atoms. The molecule has 5 nitrogen and oxygen atoms in total. The van der Waals surface area contributed by atoms with Crippen LogP contribution >= 0.6 is 0 Å². The minimum Gasteiger partial charge on any atom is -0.494 e. The molecule has 3 aromatic rings. The predicted molar refractivity (Wildman–Crippen MR) is 131 cm³/mol. The summed E-state index contributed by atoms with van der Waals surface area (Å²) < 4.78 is 14.0. The topological polar surface area (TPSA) is 39.5 Å². The van der Waals surface area contributed by atoms with Gasteiger partial charge in [-0.2, -0.15) is 5.10 Å². The van der Waals surface area contributed by atoms with E-state index < -0.39 is 0 Å². The van der Waals surface area contributed by atoms with Crippen LogP contribution in [0.1, 0.15) is 52.1 Å². The van der Waals surface area contributed by atoms with Crippen molar-refractivity contribution >= 4 is 5.69 Å². The third-order valence-electron chi connectivity index (χ3n) is 6.17. The van der Waals surface area contributed by atoms with Crippen LogP contribution in [0.25, 0.3) is 16.9 Å². The second kappa shape index (κ2) is 8.28. The maximum absolute atomic E-state index is 6.33. The van der Waals surface area contributed by atoms with Crippen LogP contribution in [-0.2, 0) is 4.74 Å². The van der Waals surface area contributed by atoms with Crippen LogP contribution < -0.4 is 9.64 Å². The highest BCUT2D eigenvalue weighted by molar-refractivity contribution is 5.67. The average molecular weight is 434 g/mol. The van der Waals surface area contributed by atoms with Crippen molar-refractivity contribution in [2.45, 2.75) is 57.7 Å². The Balaban J connectivity index is 1.84. The highest BCUT2D eigenvalue weighted by Gasteiger charge is 2.41. The van der Waals surface area contributed by atoms with Gasteiger partial charge in [-0.1, -0.05) is 24.3 Å². The number of hydrogen-bond acceptors (Lipinski definition) is 4. The molecule has 0 N–H and O–H groups in total. The van der Waals surface area contributed by atoms with E-state index in [2.05, 4.69) is 83.1 Å². The first-order valence-electron chi connectivity index (χ1n) is 11.3. The van der Waals surface area contributed by atoms with Crippen LogP contribution in [0.2, 0.25) is 0 Å². The SMILES string of the molecule is COc1ccccc1-n1nc(C2CC(C)(C)OC(C)(C)C2)cc1-c1ccc(N(C)C)cc1. The number of hydrogen-bond donors (Lipinski definition) is 0. The molecular weight excluding hydrogens is 398 g/mol. The molecule has 1 saturated heterocycles. The molecule has 4 rings (SSSR count). The average Bonchev–Trinajstić information content (AvgIpc) is 3.17. The molecule has 0 unspecified atom stereocenters. The van der Waals surface area contributed by atoms with Crippen molar-refractivity contribution in [3.8, 4) is 22.7 Å². The van der Waals surface area contributed by atoms with Gasteiger partial charge in [-0.05, 0) is 70.9 Å². The van der Waals surface area contributed by atoms with Crippen molar-refractivity contribution in [3.05, 3.63) is 60.3 Å². The van der Waals surface area contributed by atoms with Crippen molar-refractivity contribution in [1.82, 2.24) is 9.78 Å². The van der Waals surface area contributed by atoms with E-state index >= 15 is 0 Å². The van der Waals surface area contributed by atoms with Crippen molar-refractivity contribution in [2.75, 3.05) is 26.1 Å². The number of ether oxygens (including phenoxy) is 2. The number of aromatic nitrogens is 2. The Labute approximate surface area is 192 Å². The molecule has 0 amide bonds. The summed E-state index contributed by atoms with van der Waals surface area (Å²) in [4.78, 5) is 2.11. The van der Waals surface area contributed by atoms with Crippen LogP contribution in [0.4, 0.5) is 5.69 Å². The van der Waals surface area contributed by atoms with E-state index in [-0.39, 0.29) is 11.2 Å². The first kappa shape index (κ1) is 22.4. The summed E-state index contributed by atoms with van der Waals surface area (Å²) in [5.41, 5.74) is 5.04. The molecule has 1 aliphatic rings. The van der Waals surface area contributed by atoms with Gasteiger partial charge >= 0.3 is 0 Å². The van der Waals surface area contributed by atoms with Gasteiger partial charge in [0.25, 0.3) is 0 Å². The quantitative estimate of drug-likeness (QED) is 0.490. The van der Waals surface area contributed by atoms with Gasteiger partial charge in [0, 0.05) is 31.3 Å². The van der Waals surface area contributed by atoms with Gasteiger partial charge in [0.1, 0.15) is 11.4 Å². The zero-order valence-electron chi connectivity index (χ0n) is 20.3. The molecule has 2 heterocycles. The summed E-state index contributed by atoms with van der Waals surface area (Å²) in [5.74, 6) is 1.13.